The predicted octanol–water partition coefficient (Wildman–Crippen LogP) is 1.89. The zero-order valence-corrected chi connectivity index (χ0v) is 13.1. The summed E-state index contributed by atoms with van der Waals surface area (Å²) >= 11 is 3.50. The van der Waals surface area contributed by atoms with Crippen molar-refractivity contribution in [1.29, 1.82) is 0 Å². The zero-order valence-electron chi connectivity index (χ0n) is 11.6. The summed E-state index contributed by atoms with van der Waals surface area (Å²) in [6, 6.07) is 0. The Bertz CT molecular complexity index is 781. The Kier molecular flexibility index (Phi) is 3.60. The van der Waals surface area contributed by atoms with Gasteiger partial charge in [0.2, 0.25) is 5.95 Å². The Morgan fingerprint density at radius 2 is 2.29 bits per heavy atom. The van der Waals surface area contributed by atoms with Gasteiger partial charge in [0.15, 0.2) is 5.65 Å². The van der Waals surface area contributed by atoms with Crippen LogP contribution in [0.1, 0.15) is 20.1 Å². The van der Waals surface area contributed by atoms with E-state index >= 15 is 0 Å². The van der Waals surface area contributed by atoms with Gasteiger partial charge in [-0.3, -0.25) is 0 Å². The lowest BCUT2D eigenvalue weighted by atomic mass is 10.2. The highest BCUT2D eigenvalue weighted by Gasteiger charge is 2.15. The first-order valence-corrected chi connectivity index (χ1v) is 7.22. The van der Waals surface area contributed by atoms with Gasteiger partial charge in [-0.1, -0.05) is 0 Å². The smallest absolute Gasteiger partial charge is 0.240 e. The summed E-state index contributed by atoms with van der Waals surface area (Å²) in [4.78, 5) is 8.53. The number of rotatable bonds is 4. The molecule has 0 bridgehead atoms. The van der Waals surface area contributed by atoms with Crippen molar-refractivity contribution < 1.29 is 4.74 Å². The van der Waals surface area contributed by atoms with Gasteiger partial charge >= 0.3 is 0 Å². The molecule has 0 spiro atoms. The molecule has 0 aromatic carbocycles. The Hall–Kier alpha value is -2.00. The van der Waals surface area contributed by atoms with Crippen molar-refractivity contribution in [3.63, 3.8) is 0 Å². The van der Waals surface area contributed by atoms with Gasteiger partial charge in [0, 0.05) is 18.4 Å². The van der Waals surface area contributed by atoms with Crippen LogP contribution in [0, 0.1) is 0 Å². The van der Waals surface area contributed by atoms with Crippen LogP contribution in [0.25, 0.3) is 16.9 Å². The van der Waals surface area contributed by atoms with Crippen LogP contribution < -0.4 is 5.73 Å². The van der Waals surface area contributed by atoms with Gasteiger partial charge in [-0.05, 0) is 29.8 Å². The standard InChI is InChI=1S/C12H14BrN7O/c1-3-21-7(2)19-5-8(4-16-19)10-9(13)11-17-12(14)18-20(11)6-15-10/h4-7H,3H2,1-2H3,(H2,14,18). The minimum Gasteiger partial charge on any atom is -0.366 e. The van der Waals surface area contributed by atoms with Crippen LogP contribution in [-0.4, -0.2) is 36.0 Å². The van der Waals surface area contributed by atoms with Crippen molar-refractivity contribution in [2.75, 3.05) is 12.3 Å². The van der Waals surface area contributed by atoms with E-state index in [0.717, 1.165) is 15.7 Å². The molecule has 3 aromatic rings. The quantitative estimate of drug-likeness (QED) is 0.770. The highest BCUT2D eigenvalue weighted by atomic mass is 79.9. The number of aromatic nitrogens is 6. The molecule has 0 amide bonds. The van der Waals surface area contributed by atoms with Gasteiger partial charge in [0.1, 0.15) is 12.6 Å². The van der Waals surface area contributed by atoms with Crippen molar-refractivity contribution in [3.8, 4) is 11.3 Å². The molecular weight excluding hydrogens is 338 g/mol. The third-order valence-corrected chi connectivity index (χ3v) is 3.73. The van der Waals surface area contributed by atoms with Gasteiger partial charge < -0.3 is 10.5 Å². The Morgan fingerprint density at radius 1 is 1.48 bits per heavy atom. The van der Waals surface area contributed by atoms with Gasteiger partial charge in [0.05, 0.1) is 16.4 Å². The average Bonchev–Trinajstić information content (AvgIpc) is 3.06. The number of nitrogen functional groups attached to an aromatic ring is 1. The zero-order chi connectivity index (χ0) is 15.0. The highest BCUT2D eigenvalue weighted by molar-refractivity contribution is 9.10. The van der Waals surface area contributed by atoms with Gasteiger partial charge in [0.25, 0.3) is 0 Å². The third kappa shape index (κ3) is 2.49. The number of anilines is 1. The normalized spacial score (nSPS) is 12.9. The fourth-order valence-electron chi connectivity index (χ4n) is 2.02. The van der Waals surface area contributed by atoms with Crippen LogP contribution >= 0.6 is 15.9 Å². The summed E-state index contributed by atoms with van der Waals surface area (Å²) in [6.45, 7) is 4.51. The summed E-state index contributed by atoms with van der Waals surface area (Å²) < 4.78 is 9.50. The SMILES string of the molecule is CCOC(C)n1cc(-c2ncn3nc(N)nc3c2Br)cn1. The summed E-state index contributed by atoms with van der Waals surface area (Å²) in [5.41, 5.74) is 7.80. The molecule has 0 saturated carbocycles. The summed E-state index contributed by atoms with van der Waals surface area (Å²) in [6.07, 6.45) is 5.06. The van der Waals surface area contributed by atoms with E-state index in [9.17, 15) is 0 Å². The fraction of sp³-hybridized carbons (Fsp3) is 0.333. The van der Waals surface area contributed by atoms with E-state index in [-0.39, 0.29) is 12.2 Å². The van der Waals surface area contributed by atoms with Crippen molar-refractivity contribution >= 4 is 27.5 Å². The number of nitrogens with two attached hydrogens (primary N) is 1. The maximum atomic E-state index is 5.60. The molecule has 1 unspecified atom stereocenters. The Morgan fingerprint density at radius 3 is 3.05 bits per heavy atom. The molecule has 0 aliphatic rings. The lowest BCUT2D eigenvalue weighted by molar-refractivity contribution is 0.0160. The number of hydrogen-bond donors (Lipinski definition) is 1. The van der Waals surface area contributed by atoms with Crippen molar-refractivity contribution in [3.05, 3.63) is 23.2 Å². The maximum absolute atomic E-state index is 5.60. The van der Waals surface area contributed by atoms with Crippen LogP contribution in [-0.2, 0) is 4.74 Å². The van der Waals surface area contributed by atoms with Crippen molar-refractivity contribution in [1.82, 2.24) is 29.4 Å². The van der Waals surface area contributed by atoms with E-state index in [1.54, 1.807) is 17.2 Å². The molecule has 0 saturated heterocycles. The summed E-state index contributed by atoms with van der Waals surface area (Å²) in [5.74, 6) is 0.204. The first-order valence-electron chi connectivity index (χ1n) is 6.42. The molecule has 21 heavy (non-hydrogen) atoms. The van der Waals surface area contributed by atoms with Crippen LogP contribution in [0.5, 0.6) is 0 Å². The number of halogens is 1. The van der Waals surface area contributed by atoms with E-state index in [2.05, 4.69) is 36.1 Å². The largest absolute Gasteiger partial charge is 0.366 e. The molecule has 3 heterocycles. The monoisotopic (exact) mass is 351 g/mol. The molecule has 0 aliphatic heterocycles. The molecule has 9 heteroatoms. The number of ether oxygens (including phenoxy) is 1. The lowest BCUT2D eigenvalue weighted by Gasteiger charge is -2.11. The topological polar surface area (TPSA) is 96.2 Å². The highest BCUT2D eigenvalue weighted by Crippen LogP contribution is 2.29. The van der Waals surface area contributed by atoms with Crippen molar-refractivity contribution in [2.24, 2.45) is 0 Å². The molecule has 1 atom stereocenters. The predicted molar refractivity (Wildman–Crippen MR) is 80.5 cm³/mol. The molecule has 0 radical (unpaired) electrons. The third-order valence-electron chi connectivity index (χ3n) is 3.00. The van der Waals surface area contributed by atoms with Crippen LogP contribution in [0.4, 0.5) is 5.95 Å². The molecular formula is C12H14BrN7O. The summed E-state index contributed by atoms with van der Waals surface area (Å²) in [5, 5.41) is 8.32. The number of nitrogens with zero attached hydrogens (tertiary/aromatic N) is 6. The van der Waals surface area contributed by atoms with Crippen LogP contribution in [0.2, 0.25) is 0 Å². The Labute approximate surface area is 129 Å². The van der Waals surface area contributed by atoms with Gasteiger partial charge in [-0.2, -0.15) is 14.6 Å². The molecule has 3 aromatic heterocycles. The average molecular weight is 352 g/mol. The van der Waals surface area contributed by atoms with Gasteiger partial charge in [-0.25, -0.2) is 9.67 Å². The second-order valence-electron chi connectivity index (χ2n) is 4.41. The number of fused-ring (bicyclic) bond motifs is 1. The first kappa shape index (κ1) is 14.0. The van der Waals surface area contributed by atoms with Gasteiger partial charge in [-0.15, -0.1) is 5.10 Å². The molecule has 0 aliphatic carbocycles. The van der Waals surface area contributed by atoms with E-state index in [4.69, 9.17) is 10.5 Å². The van der Waals surface area contributed by atoms with E-state index in [1.807, 2.05) is 20.0 Å². The maximum Gasteiger partial charge on any atom is 0.240 e. The molecule has 3 rings (SSSR count). The van der Waals surface area contributed by atoms with Crippen LogP contribution in [0.15, 0.2) is 23.2 Å². The molecule has 0 fully saturated rings. The van der Waals surface area contributed by atoms with E-state index in [1.165, 1.54) is 4.52 Å². The second-order valence-corrected chi connectivity index (χ2v) is 5.20. The summed E-state index contributed by atoms with van der Waals surface area (Å²) in [7, 11) is 0. The lowest BCUT2D eigenvalue weighted by Crippen LogP contribution is -2.09. The second kappa shape index (κ2) is 5.41. The fourth-order valence-corrected chi connectivity index (χ4v) is 2.62. The molecule has 8 nitrogen and oxygen atoms in total. The van der Waals surface area contributed by atoms with Crippen molar-refractivity contribution in [2.45, 2.75) is 20.1 Å². The molecule has 110 valence electrons. The van der Waals surface area contributed by atoms with E-state index in [0.29, 0.717) is 12.3 Å². The Balaban J connectivity index is 2.02. The van der Waals surface area contributed by atoms with Crippen LogP contribution in [0.3, 0.4) is 0 Å². The first-order chi connectivity index (χ1) is 10.1. The minimum atomic E-state index is -0.130. The number of hydrogen-bond acceptors (Lipinski definition) is 6. The molecule has 2 N–H and O–H groups in total. The minimum absolute atomic E-state index is 0.130. The van der Waals surface area contributed by atoms with E-state index < -0.39 is 0 Å².